The molecule has 0 unspecified atom stereocenters. The average Bonchev–Trinajstić information content (AvgIpc) is 3.05. The molecule has 0 aromatic heterocycles. The lowest BCUT2D eigenvalue weighted by molar-refractivity contribution is -0.117. The summed E-state index contributed by atoms with van der Waals surface area (Å²) in [5.74, 6) is 2.28. The quantitative estimate of drug-likeness (QED) is 0.736. The van der Waals surface area contributed by atoms with E-state index in [1.165, 1.54) is 43.9 Å². The summed E-state index contributed by atoms with van der Waals surface area (Å²) in [7, 11) is 0. The molecule has 1 aliphatic heterocycles. The van der Waals surface area contributed by atoms with Crippen LogP contribution in [0.15, 0.2) is 0 Å². The molecule has 3 amide bonds. The highest BCUT2D eigenvalue weighted by Gasteiger charge is 2.51. The third-order valence-corrected chi connectivity index (χ3v) is 7.88. The molecule has 5 aliphatic rings. The maximum absolute atomic E-state index is 12.3. The van der Waals surface area contributed by atoms with Gasteiger partial charge in [-0.2, -0.15) is 0 Å². The summed E-state index contributed by atoms with van der Waals surface area (Å²) in [4.78, 5) is 26.6. The predicted molar refractivity (Wildman–Crippen MR) is 103 cm³/mol. The van der Waals surface area contributed by atoms with Gasteiger partial charge in [0.25, 0.3) is 0 Å². The van der Waals surface area contributed by atoms with Crippen LogP contribution in [-0.4, -0.2) is 45.5 Å². The van der Waals surface area contributed by atoms with Crippen LogP contribution in [0.5, 0.6) is 0 Å². The SMILES string of the molecule is O=C(CSC(=S)N1CCCC1)NC(=O)NC12CC3CC(CC(C3)C1)C2. The number of carbonyl (C=O) groups excluding carboxylic acids is 2. The minimum Gasteiger partial charge on any atom is -0.358 e. The van der Waals surface area contributed by atoms with Gasteiger partial charge in [-0.25, -0.2) is 4.79 Å². The van der Waals surface area contributed by atoms with Gasteiger partial charge < -0.3 is 10.2 Å². The van der Waals surface area contributed by atoms with Gasteiger partial charge >= 0.3 is 6.03 Å². The van der Waals surface area contributed by atoms with E-state index in [-0.39, 0.29) is 23.2 Å². The first kappa shape index (κ1) is 17.6. The van der Waals surface area contributed by atoms with Crippen LogP contribution in [0.25, 0.3) is 0 Å². The number of hydrogen-bond acceptors (Lipinski definition) is 4. The minimum atomic E-state index is -0.320. The standard InChI is InChI=1S/C18H27N3O2S2/c22-15(11-25-17(24)21-3-1-2-4-21)19-16(23)20-18-8-12-5-13(9-18)7-14(6-12)10-18/h12-14H,1-11H2,(H2,19,20,22,23). The number of hydrogen-bond donors (Lipinski definition) is 2. The van der Waals surface area contributed by atoms with E-state index >= 15 is 0 Å². The molecule has 4 aliphatic carbocycles. The molecule has 5 nitrogen and oxygen atoms in total. The number of nitrogens with zero attached hydrogens (tertiary/aromatic N) is 1. The lowest BCUT2D eigenvalue weighted by atomic mass is 9.53. The van der Waals surface area contributed by atoms with Crippen LogP contribution in [0.3, 0.4) is 0 Å². The maximum atomic E-state index is 12.3. The zero-order valence-electron chi connectivity index (χ0n) is 14.6. The highest BCUT2D eigenvalue weighted by molar-refractivity contribution is 8.23. The molecule has 0 spiro atoms. The van der Waals surface area contributed by atoms with E-state index in [1.807, 2.05) is 0 Å². The third kappa shape index (κ3) is 3.97. The topological polar surface area (TPSA) is 61.4 Å². The number of carbonyl (C=O) groups is 2. The van der Waals surface area contributed by atoms with E-state index in [0.717, 1.165) is 54.4 Å². The van der Waals surface area contributed by atoms with Gasteiger partial charge in [0.05, 0.1) is 5.75 Å². The molecule has 4 saturated carbocycles. The summed E-state index contributed by atoms with van der Waals surface area (Å²) in [6.07, 6.45) is 9.63. The lowest BCUT2D eigenvalue weighted by Gasteiger charge is -2.56. The second-order valence-corrected chi connectivity index (χ2v) is 10.1. The highest BCUT2D eigenvalue weighted by atomic mass is 32.2. The summed E-state index contributed by atoms with van der Waals surface area (Å²) in [5, 5.41) is 5.69. The van der Waals surface area contributed by atoms with Crippen molar-refractivity contribution in [3.63, 3.8) is 0 Å². The predicted octanol–water partition coefficient (Wildman–Crippen LogP) is 2.89. The van der Waals surface area contributed by atoms with Gasteiger partial charge in [0, 0.05) is 18.6 Å². The van der Waals surface area contributed by atoms with Crippen molar-refractivity contribution >= 4 is 40.2 Å². The normalized spacial score (nSPS) is 35.7. The Kier molecular flexibility index (Phi) is 4.97. The van der Waals surface area contributed by atoms with Crippen molar-refractivity contribution in [1.29, 1.82) is 0 Å². The second-order valence-electron chi connectivity index (χ2n) is 8.45. The van der Waals surface area contributed by atoms with E-state index in [9.17, 15) is 9.59 Å². The highest BCUT2D eigenvalue weighted by Crippen LogP contribution is 2.55. The fraction of sp³-hybridized carbons (Fsp3) is 0.833. The number of likely N-dealkylation sites (tertiary alicyclic amines) is 1. The molecule has 1 heterocycles. The van der Waals surface area contributed by atoms with Gasteiger partial charge in [0.15, 0.2) is 0 Å². The van der Waals surface area contributed by atoms with Crippen molar-refractivity contribution in [3.05, 3.63) is 0 Å². The Bertz CT molecular complexity index is 539. The fourth-order valence-corrected chi connectivity index (χ4v) is 6.87. The molecule has 0 radical (unpaired) electrons. The molecule has 0 atom stereocenters. The van der Waals surface area contributed by atoms with Gasteiger partial charge in [-0.15, -0.1) is 0 Å². The Morgan fingerprint density at radius 3 is 2.16 bits per heavy atom. The Balaban J connectivity index is 1.23. The summed E-state index contributed by atoms with van der Waals surface area (Å²) in [6, 6.07) is -0.320. The van der Waals surface area contributed by atoms with Gasteiger partial charge in [-0.05, 0) is 69.1 Å². The van der Waals surface area contributed by atoms with Gasteiger partial charge in [-0.3, -0.25) is 10.1 Å². The number of rotatable bonds is 3. The van der Waals surface area contributed by atoms with Crippen molar-refractivity contribution in [1.82, 2.24) is 15.5 Å². The van der Waals surface area contributed by atoms with Gasteiger partial charge in [-0.1, -0.05) is 24.0 Å². The Hall–Kier alpha value is -0.820. The number of thiocarbonyl (C=S) groups is 1. The third-order valence-electron chi connectivity index (χ3n) is 6.36. The van der Waals surface area contributed by atoms with E-state index < -0.39 is 0 Å². The van der Waals surface area contributed by atoms with Crippen LogP contribution in [-0.2, 0) is 4.79 Å². The molecule has 1 saturated heterocycles. The first-order valence-electron chi connectivity index (χ1n) is 9.55. The molecule has 0 aromatic carbocycles. The molecule has 0 aromatic rings. The molecule has 25 heavy (non-hydrogen) atoms. The second kappa shape index (κ2) is 7.06. The largest absolute Gasteiger partial charge is 0.358 e. The van der Waals surface area contributed by atoms with Crippen molar-refractivity contribution in [3.8, 4) is 0 Å². The Morgan fingerprint density at radius 1 is 1.04 bits per heavy atom. The van der Waals surface area contributed by atoms with E-state index in [1.54, 1.807) is 0 Å². The van der Waals surface area contributed by atoms with Crippen LogP contribution in [0.4, 0.5) is 4.79 Å². The van der Waals surface area contributed by atoms with Crippen LogP contribution >= 0.6 is 24.0 Å². The van der Waals surface area contributed by atoms with Gasteiger partial charge in [0.2, 0.25) is 5.91 Å². The Morgan fingerprint density at radius 2 is 1.60 bits per heavy atom. The van der Waals surface area contributed by atoms with Crippen LogP contribution in [0.1, 0.15) is 51.4 Å². The first-order chi connectivity index (χ1) is 12.0. The van der Waals surface area contributed by atoms with Crippen LogP contribution < -0.4 is 10.6 Å². The Labute approximate surface area is 159 Å². The van der Waals surface area contributed by atoms with Crippen molar-refractivity contribution in [2.45, 2.75) is 56.9 Å². The first-order valence-corrected chi connectivity index (χ1v) is 10.9. The summed E-state index contributed by atoms with van der Waals surface area (Å²) < 4.78 is 0.772. The van der Waals surface area contributed by atoms with E-state index in [2.05, 4.69) is 15.5 Å². The monoisotopic (exact) mass is 381 g/mol. The minimum absolute atomic E-state index is 0.0584. The average molecular weight is 382 g/mol. The van der Waals surface area contributed by atoms with Crippen molar-refractivity contribution in [2.24, 2.45) is 17.8 Å². The number of urea groups is 1. The molecule has 138 valence electrons. The van der Waals surface area contributed by atoms with Crippen LogP contribution in [0, 0.1) is 17.8 Å². The van der Waals surface area contributed by atoms with E-state index in [4.69, 9.17) is 12.2 Å². The van der Waals surface area contributed by atoms with Gasteiger partial charge in [0.1, 0.15) is 4.32 Å². The number of thioether (sulfide) groups is 1. The molecule has 5 rings (SSSR count). The van der Waals surface area contributed by atoms with Crippen molar-refractivity contribution in [2.75, 3.05) is 18.8 Å². The molecule has 7 heteroatoms. The summed E-state index contributed by atoms with van der Waals surface area (Å²) in [6.45, 7) is 1.97. The fourth-order valence-electron chi connectivity index (χ4n) is 5.82. The molecule has 4 bridgehead atoms. The smallest absolute Gasteiger partial charge is 0.321 e. The molecule has 5 fully saturated rings. The molecular formula is C18H27N3O2S2. The van der Waals surface area contributed by atoms with Crippen molar-refractivity contribution < 1.29 is 9.59 Å². The number of amides is 3. The zero-order chi connectivity index (χ0) is 17.4. The molecule has 2 N–H and O–H groups in total. The van der Waals surface area contributed by atoms with E-state index in [0.29, 0.717) is 0 Å². The maximum Gasteiger partial charge on any atom is 0.321 e. The lowest BCUT2D eigenvalue weighted by Crippen LogP contribution is -2.61. The number of imide groups is 1. The molecular weight excluding hydrogens is 354 g/mol. The number of nitrogens with one attached hydrogen (secondary N) is 2. The van der Waals surface area contributed by atoms with Crippen LogP contribution in [0.2, 0.25) is 0 Å². The summed E-state index contributed by atoms with van der Waals surface area (Å²) in [5.41, 5.74) is -0.0584. The zero-order valence-corrected chi connectivity index (χ0v) is 16.2. The summed E-state index contributed by atoms with van der Waals surface area (Å²) >= 11 is 6.72.